The van der Waals surface area contributed by atoms with Crippen LogP contribution in [0.4, 0.5) is 0 Å². The second-order valence-corrected chi connectivity index (χ2v) is 6.34. The van der Waals surface area contributed by atoms with Gasteiger partial charge >= 0.3 is 0 Å². The molecule has 0 radical (unpaired) electrons. The topological polar surface area (TPSA) is 49.0 Å². The molecule has 0 saturated heterocycles. The fourth-order valence-corrected chi connectivity index (χ4v) is 3.60. The predicted octanol–water partition coefficient (Wildman–Crippen LogP) is 2.90. The van der Waals surface area contributed by atoms with Crippen molar-refractivity contribution < 1.29 is 18.9 Å². The third-order valence-electron chi connectivity index (χ3n) is 4.85. The highest BCUT2D eigenvalue weighted by molar-refractivity contribution is 5.51. The van der Waals surface area contributed by atoms with Gasteiger partial charge in [-0.3, -0.25) is 0 Å². The SMILES string of the molecule is COc1ccc(C[C@@H]2NCCc3cc4c(cc32)OCCO4)cc1OC. The number of nitrogens with one attached hydrogen (secondary N) is 1. The maximum Gasteiger partial charge on any atom is 0.161 e. The van der Waals surface area contributed by atoms with Crippen LogP contribution >= 0.6 is 0 Å². The number of ether oxygens (including phenoxy) is 4. The Balaban J connectivity index is 1.63. The summed E-state index contributed by atoms with van der Waals surface area (Å²) in [5.41, 5.74) is 3.84. The molecule has 0 spiro atoms. The number of rotatable bonds is 4. The zero-order valence-corrected chi connectivity index (χ0v) is 14.6. The molecule has 0 aromatic heterocycles. The number of fused-ring (bicyclic) bond motifs is 2. The van der Waals surface area contributed by atoms with Crippen molar-refractivity contribution in [3.05, 3.63) is 47.0 Å². The summed E-state index contributed by atoms with van der Waals surface area (Å²) in [6.45, 7) is 2.20. The van der Waals surface area contributed by atoms with E-state index in [9.17, 15) is 0 Å². The first kappa shape index (κ1) is 16.1. The van der Waals surface area contributed by atoms with Crippen LogP contribution in [-0.4, -0.2) is 34.0 Å². The van der Waals surface area contributed by atoms with Crippen LogP contribution in [0.5, 0.6) is 23.0 Å². The lowest BCUT2D eigenvalue weighted by Gasteiger charge is -2.30. The molecule has 4 rings (SSSR count). The molecule has 0 amide bonds. The highest BCUT2D eigenvalue weighted by atomic mass is 16.6. The van der Waals surface area contributed by atoms with Gasteiger partial charge in [-0.25, -0.2) is 0 Å². The van der Waals surface area contributed by atoms with E-state index >= 15 is 0 Å². The second kappa shape index (κ2) is 6.84. The van der Waals surface area contributed by atoms with Crippen molar-refractivity contribution in [2.75, 3.05) is 34.0 Å². The molecule has 0 fully saturated rings. The minimum atomic E-state index is 0.248. The third kappa shape index (κ3) is 3.12. The number of hydrogen-bond acceptors (Lipinski definition) is 5. The largest absolute Gasteiger partial charge is 0.493 e. The van der Waals surface area contributed by atoms with Crippen molar-refractivity contribution in [1.82, 2.24) is 5.32 Å². The van der Waals surface area contributed by atoms with E-state index in [0.717, 1.165) is 42.4 Å². The number of benzene rings is 2. The molecule has 0 unspecified atom stereocenters. The molecule has 132 valence electrons. The van der Waals surface area contributed by atoms with Crippen molar-refractivity contribution in [3.63, 3.8) is 0 Å². The molecule has 1 atom stereocenters. The molecule has 25 heavy (non-hydrogen) atoms. The molecule has 2 aromatic carbocycles. The Bertz CT molecular complexity index is 775. The van der Waals surface area contributed by atoms with E-state index in [0.29, 0.717) is 13.2 Å². The first-order valence-electron chi connectivity index (χ1n) is 8.65. The second-order valence-electron chi connectivity index (χ2n) is 6.34. The van der Waals surface area contributed by atoms with Crippen molar-refractivity contribution in [3.8, 4) is 23.0 Å². The van der Waals surface area contributed by atoms with E-state index < -0.39 is 0 Å². The zero-order valence-electron chi connectivity index (χ0n) is 14.6. The molecule has 0 bridgehead atoms. The molecule has 2 aromatic rings. The van der Waals surface area contributed by atoms with Crippen LogP contribution in [-0.2, 0) is 12.8 Å². The van der Waals surface area contributed by atoms with Gasteiger partial charge in [-0.05, 0) is 60.3 Å². The maximum atomic E-state index is 5.77. The van der Waals surface area contributed by atoms with E-state index in [-0.39, 0.29) is 6.04 Å². The fraction of sp³-hybridized carbons (Fsp3) is 0.400. The van der Waals surface area contributed by atoms with E-state index in [4.69, 9.17) is 18.9 Å². The molecule has 2 aliphatic heterocycles. The van der Waals surface area contributed by atoms with E-state index in [1.807, 2.05) is 12.1 Å². The monoisotopic (exact) mass is 341 g/mol. The van der Waals surface area contributed by atoms with Gasteiger partial charge in [0.25, 0.3) is 0 Å². The first-order valence-corrected chi connectivity index (χ1v) is 8.65. The summed E-state index contributed by atoms with van der Waals surface area (Å²) in [5, 5.41) is 3.63. The third-order valence-corrected chi connectivity index (χ3v) is 4.85. The van der Waals surface area contributed by atoms with Gasteiger partial charge in [0, 0.05) is 6.04 Å². The summed E-state index contributed by atoms with van der Waals surface area (Å²) < 4.78 is 22.2. The Labute approximate surface area is 147 Å². The van der Waals surface area contributed by atoms with Gasteiger partial charge in [0.15, 0.2) is 23.0 Å². The van der Waals surface area contributed by atoms with Crippen LogP contribution in [0.1, 0.15) is 22.7 Å². The normalized spacial score (nSPS) is 18.4. The van der Waals surface area contributed by atoms with E-state index in [2.05, 4.69) is 23.5 Å². The molecule has 0 aliphatic carbocycles. The van der Waals surface area contributed by atoms with Crippen LogP contribution < -0.4 is 24.3 Å². The average Bonchev–Trinajstić information content (AvgIpc) is 2.66. The standard InChI is InChI=1S/C20H23NO4/c1-22-17-4-3-13(10-18(17)23-2)9-16-15-12-20-19(24-7-8-25-20)11-14(15)5-6-21-16/h3-4,10-12,16,21H,5-9H2,1-2H3/t16-/m0/s1. The first-order chi connectivity index (χ1) is 12.3. The lowest BCUT2D eigenvalue weighted by Crippen LogP contribution is -2.31. The van der Waals surface area contributed by atoms with Gasteiger partial charge in [-0.2, -0.15) is 0 Å². The average molecular weight is 341 g/mol. The highest BCUT2D eigenvalue weighted by Gasteiger charge is 2.24. The Morgan fingerprint density at radius 3 is 2.52 bits per heavy atom. The molecule has 0 saturated carbocycles. The summed E-state index contributed by atoms with van der Waals surface area (Å²) in [5.74, 6) is 3.24. The van der Waals surface area contributed by atoms with Crippen LogP contribution in [0.25, 0.3) is 0 Å². The summed E-state index contributed by atoms with van der Waals surface area (Å²) in [7, 11) is 3.32. The lowest BCUT2D eigenvalue weighted by atomic mass is 9.89. The highest BCUT2D eigenvalue weighted by Crippen LogP contribution is 2.38. The minimum absolute atomic E-state index is 0.248. The molecule has 2 aliphatic rings. The van der Waals surface area contributed by atoms with Crippen LogP contribution in [0.2, 0.25) is 0 Å². The Hall–Kier alpha value is -2.40. The number of methoxy groups -OCH3 is 2. The lowest BCUT2D eigenvalue weighted by molar-refractivity contribution is 0.171. The summed E-state index contributed by atoms with van der Waals surface area (Å²) in [4.78, 5) is 0. The molecular formula is C20H23NO4. The smallest absolute Gasteiger partial charge is 0.161 e. The fourth-order valence-electron chi connectivity index (χ4n) is 3.60. The summed E-state index contributed by atoms with van der Waals surface area (Å²) in [6, 6.07) is 10.6. The number of hydrogen-bond donors (Lipinski definition) is 1. The molecule has 5 nitrogen and oxygen atoms in total. The van der Waals surface area contributed by atoms with Gasteiger partial charge in [0.1, 0.15) is 13.2 Å². The molecular weight excluding hydrogens is 318 g/mol. The quantitative estimate of drug-likeness (QED) is 0.927. The van der Waals surface area contributed by atoms with Gasteiger partial charge in [-0.1, -0.05) is 6.07 Å². The van der Waals surface area contributed by atoms with Crippen LogP contribution in [0.15, 0.2) is 30.3 Å². The maximum absolute atomic E-state index is 5.77. The van der Waals surface area contributed by atoms with Gasteiger partial charge in [-0.15, -0.1) is 0 Å². The Morgan fingerprint density at radius 2 is 1.76 bits per heavy atom. The zero-order chi connectivity index (χ0) is 17.2. The van der Waals surface area contributed by atoms with Crippen molar-refractivity contribution in [2.24, 2.45) is 0 Å². The molecule has 2 heterocycles. The Kier molecular flexibility index (Phi) is 4.40. The summed E-state index contributed by atoms with van der Waals surface area (Å²) in [6.07, 6.45) is 1.89. The van der Waals surface area contributed by atoms with Crippen molar-refractivity contribution in [1.29, 1.82) is 0 Å². The Morgan fingerprint density at radius 1 is 1.00 bits per heavy atom. The predicted molar refractivity (Wildman–Crippen MR) is 95.1 cm³/mol. The van der Waals surface area contributed by atoms with E-state index in [1.54, 1.807) is 14.2 Å². The van der Waals surface area contributed by atoms with Crippen molar-refractivity contribution >= 4 is 0 Å². The van der Waals surface area contributed by atoms with Crippen molar-refractivity contribution in [2.45, 2.75) is 18.9 Å². The molecule has 1 N–H and O–H groups in total. The van der Waals surface area contributed by atoms with Gasteiger partial charge in [0.05, 0.1) is 14.2 Å². The van der Waals surface area contributed by atoms with Gasteiger partial charge in [0.2, 0.25) is 0 Å². The van der Waals surface area contributed by atoms with Crippen LogP contribution in [0, 0.1) is 0 Å². The summed E-state index contributed by atoms with van der Waals surface area (Å²) >= 11 is 0. The minimum Gasteiger partial charge on any atom is -0.493 e. The van der Waals surface area contributed by atoms with Crippen LogP contribution in [0.3, 0.4) is 0 Å². The molecule has 5 heteroatoms. The van der Waals surface area contributed by atoms with Gasteiger partial charge < -0.3 is 24.3 Å². The van der Waals surface area contributed by atoms with E-state index in [1.165, 1.54) is 16.7 Å².